The van der Waals surface area contributed by atoms with E-state index in [9.17, 15) is 0 Å². The zero-order valence-electron chi connectivity index (χ0n) is 13.0. The molecule has 0 unspecified atom stereocenters. The van der Waals surface area contributed by atoms with Gasteiger partial charge in [-0.25, -0.2) is 0 Å². The van der Waals surface area contributed by atoms with E-state index in [-0.39, 0.29) is 0 Å². The minimum atomic E-state index is 0.404. The maximum Gasteiger partial charge on any atom is 0.249 e. The number of rotatable bonds is 6. The molecule has 0 atom stereocenters. The molecule has 0 saturated heterocycles. The van der Waals surface area contributed by atoms with Crippen molar-refractivity contribution in [1.82, 2.24) is 15.2 Å². The fourth-order valence-corrected chi connectivity index (χ4v) is 2.47. The Balaban J connectivity index is 1.80. The summed E-state index contributed by atoms with van der Waals surface area (Å²) < 4.78 is 6.53. The van der Waals surface area contributed by atoms with E-state index in [2.05, 4.69) is 41.7 Å². The monoisotopic (exact) mass is 385 g/mol. The molecule has 2 N–H and O–H groups in total. The van der Waals surface area contributed by atoms with Crippen molar-refractivity contribution in [3.05, 3.63) is 59.2 Å². The van der Waals surface area contributed by atoms with Crippen LogP contribution in [-0.4, -0.2) is 21.8 Å². The number of aromatic nitrogens is 3. The number of hydrogen-bond acceptors (Lipinski definition) is 6. The predicted molar refractivity (Wildman–Crippen MR) is 98.1 cm³/mol. The first-order valence-corrected chi connectivity index (χ1v) is 8.25. The fraction of sp³-hybridized carbons (Fsp3) is 0.118. The Morgan fingerprint density at radius 1 is 1.00 bits per heavy atom. The normalized spacial score (nSPS) is 10.2. The van der Waals surface area contributed by atoms with Crippen molar-refractivity contribution in [2.24, 2.45) is 0 Å². The lowest BCUT2D eigenvalue weighted by Gasteiger charge is -2.12. The van der Waals surface area contributed by atoms with Crippen LogP contribution in [0.3, 0.4) is 0 Å². The third-order valence-electron chi connectivity index (χ3n) is 3.13. The Labute approximate surface area is 148 Å². The second kappa shape index (κ2) is 7.74. The van der Waals surface area contributed by atoms with Crippen LogP contribution in [0, 0.1) is 0 Å². The summed E-state index contributed by atoms with van der Waals surface area (Å²) >= 11 is 3.48. The zero-order valence-corrected chi connectivity index (χ0v) is 14.6. The molecule has 24 heavy (non-hydrogen) atoms. The molecule has 3 aromatic rings. The Kier molecular flexibility index (Phi) is 5.22. The topological polar surface area (TPSA) is 72.0 Å². The predicted octanol–water partition coefficient (Wildman–Crippen LogP) is 4.52. The number of para-hydroxylation sites is 3. The molecule has 1 aromatic heterocycles. The number of anilines is 4. The van der Waals surface area contributed by atoms with Gasteiger partial charge in [0, 0.05) is 4.47 Å². The highest BCUT2D eigenvalue weighted by atomic mass is 79.9. The second-order valence-corrected chi connectivity index (χ2v) is 5.68. The highest BCUT2D eigenvalue weighted by molar-refractivity contribution is 9.10. The maximum absolute atomic E-state index is 5.60. The molecule has 0 fully saturated rings. The standard InChI is InChI=1S/C17H16BrN5O/c1-2-24-15-10-6-5-9-14(15)20-16-11-19-23-17(22-16)21-13-8-4-3-7-12(13)18/h3-11H,2H2,1H3,(H2,20,21,22,23). The van der Waals surface area contributed by atoms with Gasteiger partial charge in [0.25, 0.3) is 0 Å². The molecule has 0 aliphatic carbocycles. The molecular formula is C17H16BrN5O. The first kappa shape index (κ1) is 16.2. The van der Waals surface area contributed by atoms with Gasteiger partial charge in [0.15, 0.2) is 5.82 Å². The first-order chi connectivity index (χ1) is 11.8. The van der Waals surface area contributed by atoms with Crippen molar-refractivity contribution in [1.29, 1.82) is 0 Å². The minimum Gasteiger partial charge on any atom is -0.492 e. The van der Waals surface area contributed by atoms with Crippen molar-refractivity contribution < 1.29 is 4.74 Å². The summed E-state index contributed by atoms with van der Waals surface area (Å²) in [7, 11) is 0. The quantitative estimate of drug-likeness (QED) is 0.649. The Morgan fingerprint density at radius 3 is 2.54 bits per heavy atom. The second-order valence-electron chi connectivity index (χ2n) is 4.82. The van der Waals surface area contributed by atoms with Gasteiger partial charge in [0.2, 0.25) is 5.95 Å². The molecule has 0 aliphatic heterocycles. The van der Waals surface area contributed by atoms with E-state index < -0.39 is 0 Å². The van der Waals surface area contributed by atoms with Crippen LogP contribution in [0.25, 0.3) is 0 Å². The SMILES string of the molecule is CCOc1ccccc1Nc1cnnc(Nc2ccccc2Br)n1. The molecule has 6 nitrogen and oxygen atoms in total. The molecular weight excluding hydrogens is 370 g/mol. The van der Waals surface area contributed by atoms with E-state index in [1.807, 2.05) is 55.5 Å². The molecule has 0 amide bonds. The van der Waals surface area contributed by atoms with Crippen LogP contribution in [0.1, 0.15) is 6.92 Å². The number of benzene rings is 2. The number of halogens is 1. The number of ether oxygens (including phenoxy) is 1. The van der Waals surface area contributed by atoms with Crippen LogP contribution in [0.4, 0.5) is 23.1 Å². The van der Waals surface area contributed by atoms with E-state index >= 15 is 0 Å². The first-order valence-electron chi connectivity index (χ1n) is 7.46. The number of nitrogens with zero attached hydrogens (tertiary/aromatic N) is 3. The Bertz CT molecular complexity index is 827. The van der Waals surface area contributed by atoms with Crippen LogP contribution in [0.15, 0.2) is 59.2 Å². The smallest absolute Gasteiger partial charge is 0.249 e. The third kappa shape index (κ3) is 3.99. The van der Waals surface area contributed by atoms with E-state index in [0.717, 1.165) is 21.6 Å². The summed E-state index contributed by atoms with van der Waals surface area (Å²) in [4.78, 5) is 4.43. The Hall–Kier alpha value is -2.67. The van der Waals surface area contributed by atoms with Gasteiger partial charge in [0.1, 0.15) is 5.75 Å². The summed E-state index contributed by atoms with van der Waals surface area (Å²) in [6.07, 6.45) is 1.56. The van der Waals surface area contributed by atoms with Crippen LogP contribution < -0.4 is 15.4 Å². The molecule has 0 bridgehead atoms. The van der Waals surface area contributed by atoms with E-state index in [1.165, 1.54) is 0 Å². The highest BCUT2D eigenvalue weighted by Gasteiger charge is 2.07. The third-order valence-corrected chi connectivity index (χ3v) is 3.82. The van der Waals surface area contributed by atoms with Crippen molar-refractivity contribution in [3.8, 4) is 5.75 Å². The van der Waals surface area contributed by atoms with Gasteiger partial charge in [-0.3, -0.25) is 0 Å². The molecule has 3 rings (SSSR count). The number of hydrogen-bond donors (Lipinski definition) is 2. The van der Waals surface area contributed by atoms with Crippen molar-refractivity contribution in [2.45, 2.75) is 6.92 Å². The van der Waals surface area contributed by atoms with Gasteiger partial charge in [-0.05, 0) is 47.1 Å². The van der Waals surface area contributed by atoms with Crippen molar-refractivity contribution >= 4 is 39.1 Å². The zero-order chi connectivity index (χ0) is 16.8. The van der Waals surface area contributed by atoms with Gasteiger partial charge < -0.3 is 15.4 Å². The minimum absolute atomic E-state index is 0.404. The molecule has 0 spiro atoms. The molecule has 122 valence electrons. The van der Waals surface area contributed by atoms with Crippen LogP contribution in [-0.2, 0) is 0 Å². The molecule has 0 saturated carbocycles. The summed E-state index contributed by atoms with van der Waals surface area (Å²) in [5.74, 6) is 1.74. The summed E-state index contributed by atoms with van der Waals surface area (Å²) in [5, 5.41) is 14.3. The lowest BCUT2D eigenvalue weighted by atomic mass is 10.3. The van der Waals surface area contributed by atoms with Crippen LogP contribution in [0.2, 0.25) is 0 Å². The highest BCUT2D eigenvalue weighted by Crippen LogP contribution is 2.27. The largest absolute Gasteiger partial charge is 0.492 e. The molecule has 2 aromatic carbocycles. The van der Waals surface area contributed by atoms with E-state index in [4.69, 9.17) is 4.74 Å². The Morgan fingerprint density at radius 2 is 1.75 bits per heavy atom. The summed E-state index contributed by atoms with van der Waals surface area (Å²) in [6.45, 7) is 2.54. The lowest BCUT2D eigenvalue weighted by Crippen LogP contribution is -2.04. The van der Waals surface area contributed by atoms with Gasteiger partial charge in [-0.2, -0.15) is 10.1 Å². The lowest BCUT2D eigenvalue weighted by molar-refractivity contribution is 0.342. The molecule has 0 radical (unpaired) electrons. The van der Waals surface area contributed by atoms with Crippen LogP contribution >= 0.6 is 15.9 Å². The van der Waals surface area contributed by atoms with E-state index in [1.54, 1.807) is 6.20 Å². The summed E-state index contributed by atoms with van der Waals surface area (Å²) in [5.41, 5.74) is 1.69. The maximum atomic E-state index is 5.60. The van der Waals surface area contributed by atoms with Gasteiger partial charge in [-0.1, -0.05) is 24.3 Å². The average Bonchev–Trinajstić information content (AvgIpc) is 2.59. The van der Waals surface area contributed by atoms with E-state index in [0.29, 0.717) is 18.4 Å². The average molecular weight is 386 g/mol. The molecule has 0 aliphatic rings. The number of nitrogens with one attached hydrogen (secondary N) is 2. The summed E-state index contributed by atoms with van der Waals surface area (Å²) in [6, 6.07) is 15.4. The van der Waals surface area contributed by atoms with Gasteiger partial charge >= 0.3 is 0 Å². The van der Waals surface area contributed by atoms with Crippen molar-refractivity contribution in [3.63, 3.8) is 0 Å². The van der Waals surface area contributed by atoms with Crippen molar-refractivity contribution in [2.75, 3.05) is 17.2 Å². The molecule has 7 heteroatoms. The molecule has 1 heterocycles. The van der Waals surface area contributed by atoms with Gasteiger partial charge in [-0.15, -0.1) is 5.10 Å². The van der Waals surface area contributed by atoms with Gasteiger partial charge in [0.05, 0.1) is 24.2 Å². The fourth-order valence-electron chi connectivity index (χ4n) is 2.09. The van der Waals surface area contributed by atoms with Crippen LogP contribution in [0.5, 0.6) is 5.75 Å².